The van der Waals surface area contributed by atoms with Crippen LogP contribution in [-0.2, 0) is 6.42 Å². The van der Waals surface area contributed by atoms with Crippen molar-refractivity contribution in [3.63, 3.8) is 0 Å². The molecule has 90 valence electrons. The fourth-order valence-corrected chi connectivity index (χ4v) is 1.72. The van der Waals surface area contributed by atoms with Crippen LogP contribution in [-0.4, -0.2) is 6.04 Å². The van der Waals surface area contributed by atoms with Crippen molar-refractivity contribution in [1.82, 2.24) is 0 Å². The fourth-order valence-electron chi connectivity index (χ4n) is 1.72. The molecule has 1 aromatic carbocycles. The average Bonchev–Trinajstić information content (AvgIpc) is 2.23. The van der Waals surface area contributed by atoms with Gasteiger partial charge in [-0.15, -0.1) is 0 Å². The van der Waals surface area contributed by atoms with Crippen molar-refractivity contribution in [3.05, 3.63) is 34.9 Å². The standard InChI is InChI=1S/C15H25N/c1-6-15(4,5)14(16)10-13-8-7-11(2)12(3)9-13/h7-9,14H,6,10,16H2,1-5H3. The lowest BCUT2D eigenvalue weighted by Gasteiger charge is -2.30. The first-order chi connectivity index (χ1) is 7.36. The van der Waals surface area contributed by atoms with Crippen LogP contribution in [0.1, 0.15) is 43.9 Å². The van der Waals surface area contributed by atoms with E-state index in [0.29, 0.717) is 0 Å². The third-order valence-corrected chi connectivity index (χ3v) is 3.94. The van der Waals surface area contributed by atoms with E-state index < -0.39 is 0 Å². The molecular weight excluding hydrogens is 194 g/mol. The third-order valence-electron chi connectivity index (χ3n) is 3.94. The van der Waals surface area contributed by atoms with E-state index in [9.17, 15) is 0 Å². The monoisotopic (exact) mass is 219 g/mol. The van der Waals surface area contributed by atoms with Gasteiger partial charge in [0.1, 0.15) is 0 Å². The van der Waals surface area contributed by atoms with Gasteiger partial charge < -0.3 is 5.73 Å². The molecule has 0 aliphatic heterocycles. The molecule has 1 atom stereocenters. The lowest BCUT2D eigenvalue weighted by atomic mass is 9.79. The minimum atomic E-state index is 0.221. The number of hydrogen-bond acceptors (Lipinski definition) is 1. The van der Waals surface area contributed by atoms with Gasteiger partial charge in [-0.3, -0.25) is 0 Å². The van der Waals surface area contributed by atoms with Crippen LogP contribution in [0.3, 0.4) is 0 Å². The molecule has 0 fully saturated rings. The van der Waals surface area contributed by atoms with Crippen LogP contribution in [0.25, 0.3) is 0 Å². The van der Waals surface area contributed by atoms with Gasteiger partial charge in [0.2, 0.25) is 0 Å². The second-order valence-electron chi connectivity index (χ2n) is 5.57. The van der Waals surface area contributed by atoms with Gasteiger partial charge in [-0.2, -0.15) is 0 Å². The van der Waals surface area contributed by atoms with Crippen LogP contribution < -0.4 is 5.73 Å². The van der Waals surface area contributed by atoms with E-state index in [1.807, 2.05) is 0 Å². The molecule has 0 heterocycles. The van der Waals surface area contributed by atoms with Crippen LogP contribution in [0.4, 0.5) is 0 Å². The Hall–Kier alpha value is -0.820. The predicted octanol–water partition coefficient (Wildman–Crippen LogP) is 3.61. The van der Waals surface area contributed by atoms with E-state index >= 15 is 0 Å². The lowest BCUT2D eigenvalue weighted by Crippen LogP contribution is -2.38. The molecule has 0 radical (unpaired) electrons. The first kappa shape index (κ1) is 13.2. The van der Waals surface area contributed by atoms with Crippen molar-refractivity contribution >= 4 is 0 Å². The maximum absolute atomic E-state index is 6.28. The van der Waals surface area contributed by atoms with Crippen LogP contribution >= 0.6 is 0 Å². The van der Waals surface area contributed by atoms with Crippen LogP contribution in [0, 0.1) is 19.3 Å². The highest BCUT2D eigenvalue weighted by Crippen LogP contribution is 2.26. The summed E-state index contributed by atoms with van der Waals surface area (Å²) >= 11 is 0. The lowest BCUT2D eigenvalue weighted by molar-refractivity contribution is 0.272. The second kappa shape index (κ2) is 5.01. The second-order valence-corrected chi connectivity index (χ2v) is 5.57. The number of benzene rings is 1. The predicted molar refractivity (Wildman–Crippen MR) is 71.7 cm³/mol. The van der Waals surface area contributed by atoms with Crippen LogP contribution in [0.15, 0.2) is 18.2 Å². The van der Waals surface area contributed by atoms with Gasteiger partial charge in [0, 0.05) is 6.04 Å². The quantitative estimate of drug-likeness (QED) is 0.822. The molecule has 1 rings (SSSR count). The van der Waals surface area contributed by atoms with E-state index in [1.165, 1.54) is 16.7 Å². The number of nitrogens with two attached hydrogens (primary N) is 1. The van der Waals surface area contributed by atoms with E-state index in [0.717, 1.165) is 12.8 Å². The summed E-state index contributed by atoms with van der Waals surface area (Å²) in [6.45, 7) is 11.0. The zero-order valence-electron chi connectivity index (χ0n) is 11.3. The Morgan fingerprint density at radius 1 is 1.19 bits per heavy atom. The van der Waals surface area contributed by atoms with E-state index in [2.05, 4.69) is 52.8 Å². The molecule has 0 aliphatic carbocycles. The molecule has 2 N–H and O–H groups in total. The highest BCUT2D eigenvalue weighted by atomic mass is 14.7. The smallest absolute Gasteiger partial charge is 0.0131 e. The first-order valence-electron chi connectivity index (χ1n) is 6.18. The average molecular weight is 219 g/mol. The minimum Gasteiger partial charge on any atom is -0.327 e. The molecule has 1 heteroatoms. The Bertz CT molecular complexity index is 352. The van der Waals surface area contributed by atoms with Crippen LogP contribution in [0.5, 0.6) is 0 Å². The van der Waals surface area contributed by atoms with Crippen molar-refractivity contribution < 1.29 is 0 Å². The maximum atomic E-state index is 6.28. The molecule has 0 saturated heterocycles. The molecule has 1 unspecified atom stereocenters. The van der Waals surface area contributed by atoms with Crippen molar-refractivity contribution in [2.24, 2.45) is 11.1 Å². The highest BCUT2D eigenvalue weighted by Gasteiger charge is 2.24. The number of rotatable bonds is 4. The Kier molecular flexibility index (Phi) is 4.15. The summed E-state index contributed by atoms with van der Waals surface area (Å²) in [7, 11) is 0. The maximum Gasteiger partial charge on any atom is 0.0131 e. The molecule has 1 aromatic rings. The van der Waals surface area contributed by atoms with Crippen molar-refractivity contribution in [1.29, 1.82) is 0 Å². The van der Waals surface area contributed by atoms with Gasteiger partial charge in [0.05, 0.1) is 0 Å². The normalized spacial score (nSPS) is 13.9. The molecule has 0 saturated carbocycles. The fraction of sp³-hybridized carbons (Fsp3) is 0.600. The first-order valence-corrected chi connectivity index (χ1v) is 6.18. The Balaban J connectivity index is 2.77. The third kappa shape index (κ3) is 3.08. The zero-order chi connectivity index (χ0) is 12.3. The molecule has 0 aromatic heterocycles. The molecule has 0 amide bonds. The van der Waals surface area contributed by atoms with E-state index in [1.54, 1.807) is 0 Å². The summed E-state index contributed by atoms with van der Waals surface area (Å²) in [4.78, 5) is 0. The molecule has 0 spiro atoms. The van der Waals surface area contributed by atoms with Gasteiger partial charge in [-0.05, 0) is 48.8 Å². The van der Waals surface area contributed by atoms with Crippen molar-refractivity contribution in [2.75, 3.05) is 0 Å². The minimum absolute atomic E-state index is 0.221. The van der Waals surface area contributed by atoms with E-state index in [4.69, 9.17) is 5.73 Å². The Morgan fingerprint density at radius 3 is 2.31 bits per heavy atom. The van der Waals surface area contributed by atoms with Crippen LogP contribution in [0.2, 0.25) is 0 Å². The zero-order valence-corrected chi connectivity index (χ0v) is 11.3. The largest absolute Gasteiger partial charge is 0.327 e. The highest BCUT2D eigenvalue weighted by molar-refractivity contribution is 5.30. The van der Waals surface area contributed by atoms with Gasteiger partial charge in [0.25, 0.3) is 0 Å². The van der Waals surface area contributed by atoms with Gasteiger partial charge >= 0.3 is 0 Å². The number of hydrogen-bond donors (Lipinski definition) is 1. The molecule has 0 aliphatic rings. The van der Waals surface area contributed by atoms with Crippen molar-refractivity contribution in [3.8, 4) is 0 Å². The summed E-state index contributed by atoms with van der Waals surface area (Å²) in [6.07, 6.45) is 2.10. The van der Waals surface area contributed by atoms with Gasteiger partial charge in [-0.25, -0.2) is 0 Å². The molecule has 1 nitrogen and oxygen atoms in total. The molecule has 0 bridgehead atoms. The number of aryl methyl sites for hydroxylation is 2. The molecule has 16 heavy (non-hydrogen) atoms. The van der Waals surface area contributed by atoms with Gasteiger partial charge in [-0.1, -0.05) is 39.0 Å². The van der Waals surface area contributed by atoms with Gasteiger partial charge in [0.15, 0.2) is 0 Å². The summed E-state index contributed by atoms with van der Waals surface area (Å²) < 4.78 is 0. The summed E-state index contributed by atoms with van der Waals surface area (Å²) in [5.74, 6) is 0. The SMILES string of the molecule is CCC(C)(C)C(N)Cc1ccc(C)c(C)c1. The van der Waals surface area contributed by atoms with Crippen molar-refractivity contribution in [2.45, 2.75) is 53.5 Å². The molecular formula is C15H25N. The summed E-state index contributed by atoms with van der Waals surface area (Å²) in [6, 6.07) is 6.89. The van der Waals surface area contributed by atoms with E-state index in [-0.39, 0.29) is 11.5 Å². The Labute approximate surface area is 100 Å². The Morgan fingerprint density at radius 2 is 1.81 bits per heavy atom. The summed E-state index contributed by atoms with van der Waals surface area (Å²) in [5, 5.41) is 0. The summed E-state index contributed by atoms with van der Waals surface area (Å²) in [5.41, 5.74) is 10.6. The topological polar surface area (TPSA) is 26.0 Å².